The number of rotatable bonds is 7. The van der Waals surface area contributed by atoms with Crippen LogP contribution < -0.4 is 11.1 Å². The van der Waals surface area contributed by atoms with Gasteiger partial charge in [-0.25, -0.2) is 4.39 Å². The summed E-state index contributed by atoms with van der Waals surface area (Å²) >= 11 is 0. The van der Waals surface area contributed by atoms with E-state index in [9.17, 15) is 9.18 Å². The molecule has 19 heavy (non-hydrogen) atoms. The molecular formula is C15H23FN2O. The molecule has 0 bridgehead atoms. The van der Waals surface area contributed by atoms with Crippen LogP contribution in [0.15, 0.2) is 18.2 Å². The zero-order valence-electron chi connectivity index (χ0n) is 11.7. The van der Waals surface area contributed by atoms with Crippen LogP contribution in [0.4, 0.5) is 10.1 Å². The first-order chi connectivity index (χ1) is 9.08. The molecule has 1 rings (SSSR count). The molecule has 0 radical (unpaired) electrons. The van der Waals surface area contributed by atoms with Crippen LogP contribution in [-0.2, 0) is 0 Å². The van der Waals surface area contributed by atoms with Gasteiger partial charge in [0.15, 0.2) is 0 Å². The Morgan fingerprint density at radius 1 is 1.42 bits per heavy atom. The molecule has 0 spiro atoms. The Bertz CT molecular complexity index is 421. The molecule has 4 heteroatoms. The number of amides is 1. The van der Waals surface area contributed by atoms with Crippen molar-refractivity contribution in [1.29, 1.82) is 0 Å². The molecule has 106 valence electrons. The van der Waals surface area contributed by atoms with Gasteiger partial charge in [-0.1, -0.05) is 33.1 Å². The number of carbonyl (C=O) groups excluding carboxylic acids is 1. The van der Waals surface area contributed by atoms with Gasteiger partial charge in [-0.05, 0) is 30.5 Å². The van der Waals surface area contributed by atoms with Gasteiger partial charge in [-0.3, -0.25) is 4.79 Å². The summed E-state index contributed by atoms with van der Waals surface area (Å²) in [5.41, 5.74) is 5.98. The lowest BCUT2D eigenvalue weighted by atomic mass is 9.99. The summed E-state index contributed by atoms with van der Waals surface area (Å²) in [6.45, 7) is 4.84. The first-order valence-corrected chi connectivity index (χ1v) is 6.91. The van der Waals surface area contributed by atoms with E-state index in [2.05, 4.69) is 19.2 Å². The van der Waals surface area contributed by atoms with Crippen molar-refractivity contribution in [1.82, 2.24) is 5.32 Å². The van der Waals surface area contributed by atoms with Crippen molar-refractivity contribution in [3.8, 4) is 0 Å². The van der Waals surface area contributed by atoms with Crippen molar-refractivity contribution in [3.63, 3.8) is 0 Å². The molecule has 1 atom stereocenters. The Morgan fingerprint density at radius 2 is 2.16 bits per heavy atom. The van der Waals surface area contributed by atoms with Crippen LogP contribution in [0.3, 0.4) is 0 Å². The third-order valence-corrected chi connectivity index (χ3v) is 3.33. The van der Waals surface area contributed by atoms with E-state index in [0.29, 0.717) is 18.2 Å². The maximum absolute atomic E-state index is 13.5. The second kappa shape index (κ2) is 7.77. The lowest BCUT2D eigenvalue weighted by molar-refractivity contribution is 0.0942. The van der Waals surface area contributed by atoms with Crippen LogP contribution in [0.1, 0.15) is 49.9 Å². The van der Waals surface area contributed by atoms with Crippen molar-refractivity contribution in [2.24, 2.45) is 5.92 Å². The highest BCUT2D eigenvalue weighted by molar-refractivity contribution is 5.95. The topological polar surface area (TPSA) is 55.1 Å². The summed E-state index contributed by atoms with van der Waals surface area (Å²) in [5, 5.41) is 2.79. The minimum atomic E-state index is -0.534. The number of nitrogen functional groups attached to an aromatic ring is 1. The zero-order chi connectivity index (χ0) is 14.3. The number of unbranched alkanes of at least 4 members (excludes halogenated alkanes) is 1. The largest absolute Gasteiger partial charge is 0.399 e. The molecule has 0 heterocycles. The van der Waals surface area contributed by atoms with Crippen LogP contribution in [0.25, 0.3) is 0 Å². The van der Waals surface area contributed by atoms with E-state index in [1.807, 2.05) is 0 Å². The highest BCUT2D eigenvalue weighted by Crippen LogP contribution is 2.14. The molecule has 3 nitrogen and oxygen atoms in total. The van der Waals surface area contributed by atoms with E-state index in [4.69, 9.17) is 5.73 Å². The molecule has 1 aromatic rings. The number of anilines is 1. The summed E-state index contributed by atoms with van der Waals surface area (Å²) in [6, 6.07) is 4.04. The van der Waals surface area contributed by atoms with E-state index in [1.54, 1.807) is 0 Å². The van der Waals surface area contributed by atoms with Crippen molar-refractivity contribution in [3.05, 3.63) is 29.6 Å². The van der Waals surface area contributed by atoms with Crippen LogP contribution in [0.5, 0.6) is 0 Å². The van der Waals surface area contributed by atoms with Crippen molar-refractivity contribution >= 4 is 11.6 Å². The van der Waals surface area contributed by atoms with Gasteiger partial charge in [0.25, 0.3) is 5.91 Å². The summed E-state index contributed by atoms with van der Waals surface area (Å²) in [4.78, 5) is 11.9. The summed E-state index contributed by atoms with van der Waals surface area (Å²) in [5.74, 6) is -0.471. The number of hydrogen-bond donors (Lipinski definition) is 2. The summed E-state index contributed by atoms with van der Waals surface area (Å²) in [6.07, 6.45) is 4.40. The molecule has 0 saturated carbocycles. The smallest absolute Gasteiger partial charge is 0.254 e. The average Bonchev–Trinajstić information content (AvgIpc) is 2.41. The lowest BCUT2D eigenvalue weighted by Gasteiger charge is -2.15. The maximum Gasteiger partial charge on any atom is 0.254 e. The van der Waals surface area contributed by atoms with E-state index in [-0.39, 0.29) is 11.5 Å². The fourth-order valence-corrected chi connectivity index (χ4v) is 1.99. The molecule has 0 aliphatic heterocycles. The Balaban J connectivity index is 2.56. The average molecular weight is 266 g/mol. The Morgan fingerprint density at radius 3 is 2.79 bits per heavy atom. The molecule has 3 N–H and O–H groups in total. The van der Waals surface area contributed by atoms with Gasteiger partial charge in [0.1, 0.15) is 5.82 Å². The maximum atomic E-state index is 13.5. The summed E-state index contributed by atoms with van der Waals surface area (Å²) < 4.78 is 13.5. The van der Waals surface area contributed by atoms with Gasteiger partial charge in [-0.15, -0.1) is 0 Å². The second-order valence-corrected chi connectivity index (χ2v) is 4.87. The van der Waals surface area contributed by atoms with Crippen LogP contribution in [0.2, 0.25) is 0 Å². The van der Waals surface area contributed by atoms with Gasteiger partial charge in [-0.2, -0.15) is 0 Å². The number of halogens is 1. The fraction of sp³-hybridized carbons (Fsp3) is 0.533. The normalized spacial score (nSPS) is 12.2. The SMILES string of the molecule is CCCCC(CC)CNC(=O)c1cc(N)ccc1F. The fourth-order valence-electron chi connectivity index (χ4n) is 1.99. The summed E-state index contributed by atoms with van der Waals surface area (Å²) in [7, 11) is 0. The van der Waals surface area contributed by atoms with E-state index in [1.165, 1.54) is 18.2 Å². The van der Waals surface area contributed by atoms with E-state index >= 15 is 0 Å². The molecule has 1 aromatic carbocycles. The highest BCUT2D eigenvalue weighted by Gasteiger charge is 2.13. The molecule has 1 unspecified atom stereocenters. The number of benzene rings is 1. The second-order valence-electron chi connectivity index (χ2n) is 4.87. The predicted molar refractivity (Wildman–Crippen MR) is 76.5 cm³/mol. The molecule has 1 amide bonds. The molecule has 0 aromatic heterocycles. The van der Waals surface area contributed by atoms with Crippen LogP contribution in [-0.4, -0.2) is 12.5 Å². The number of nitrogens with one attached hydrogen (secondary N) is 1. The van der Waals surface area contributed by atoms with Crippen molar-refractivity contribution in [2.45, 2.75) is 39.5 Å². The van der Waals surface area contributed by atoms with Gasteiger partial charge in [0, 0.05) is 12.2 Å². The number of carbonyl (C=O) groups is 1. The lowest BCUT2D eigenvalue weighted by Crippen LogP contribution is -2.29. The van der Waals surface area contributed by atoms with Crippen molar-refractivity contribution in [2.75, 3.05) is 12.3 Å². The van der Waals surface area contributed by atoms with Crippen LogP contribution >= 0.6 is 0 Å². The van der Waals surface area contributed by atoms with Gasteiger partial charge < -0.3 is 11.1 Å². The highest BCUT2D eigenvalue weighted by atomic mass is 19.1. The Labute approximate surface area is 114 Å². The van der Waals surface area contributed by atoms with E-state index in [0.717, 1.165) is 25.7 Å². The first kappa shape index (κ1) is 15.5. The van der Waals surface area contributed by atoms with Crippen LogP contribution in [0, 0.1) is 11.7 Å². The van der Waals surface area contributed by atoms with Gasteiger partial charge >= 0.3 is 0 Å². The third-order valence-electron chi connectivity index (χ3n) is 3.33. The molecule has 0 saturated heterocycles. The number of nitrogens with two attached hydrogens (primary N) is 1. The van der Waals surface area contributed by atoms with Gasteiger partial charge in [0.05, 0.1) is 5.56 Å². The number of hydrogen-bond acceptors (Lipinski definition) is 2. The Kier molecular flexibility index (Phi) is 6.33. The molecular weight excluding hydrogens is 243 g/mol. The standard InChI is InChI=1S/C15H23FN2O/c1-3-5-6-11(4-2)10-18-15(19)13-9-12(17)7-8-14(13)16/h7-9,11H,3-6,10,17H2,1-2H3,(H,18,19). The minimum absolute atomic E-state index is 0.0188. The molecule has 0 fully saturated rings. The third kappa shape index (κ3) is 4.89. The molecule has 0 aliphatic carbocycles. The zero-order valence-corrected chi connectivity index (χ0v) is 11.7. The predicted octanol–water partition coefficient (Wildman–Crippen LogP) is 3.35. The Hall–Kier alpha value is -1.58. The van der Waals surface area contributed by atoms with E-state index < -0.39 is 5.82 Å². The minimum Gasteiger partial charge on any atom is -0.399 e. The quantitative estimate of drug-likeness (QED) is 0.743. The van der Waals surface area contributed by atoms with Gasteiger partial charge in [0.2, 0.25) is 0 Å². The monoisotopic (exact) mass is 266 g/mol. The molecule has 0 aliphatic rings. The first-order valence-electron chi connectivity index (χ1n) is 6.91. The van der Waals surface area contributed by atoms with Crippen molar-refractivity contribution < 1.29 is 9.18 Å².